The van der Waals surface area contributed by atoms with Gasteiger partial charge in [0, 0.05) is 12.8 Å². The van der Waals surface area contributed by atoms with Crippen molar-refractivity contribution in [2.45, 2.75) is 17.7 Å². The molecular weight excluding hydrogens is 415 g/mol. The van der Waals surface area contributed by atoms with Crippen LogP contribution in [0, 0.1) is 11.2 Å². The fraction of sp³-hybridized carbons (Fsp3) is 0.250. The maximum Gasteiger partial charge on any atom is 0.323 e. The molecule has 0 saturated heterocycles. The van der Waals surface area contributed by atoms with Crippen molar-refractivity contribution in [2.75, 3.05) is 14.2 Å². The second-order valence-electron chi connectivity index (χ2n) is 6.81. The topological polar surface area (TPSA) is 126 Å². The zero-order chi connectivity index (χ0) is 22.1. The number of ether oxygens (including phenoxy) is 2. The van der Waals surface area contributed by atoms with E-state index >= 15 is 0 Å². The molecule has 1 aromatic carbocycles. The van der Waals surface area contributed by atoms with Gasteiger partial charge in [-0.15, -0.1) is 0 Å². The van der Waals surface area contributed by atoms with E-state index in [1.807, 2.05) is 0 Å². The number of carbonyl (C=O) groups is 2. The molecule has 0 aliphatic heterocycles. The Morgan fingerprint density at radius 3 is 2.03 bits per heavy atom. The Kier molecular flexibility index (Phi) is 5.73. The van der Waals surface area contributed by atoms with Crippen LogP contribution in [0.1, 0.15) is 24.1 Å². The SMILES string of the molecule is COC(=O)C1(C(=O)OC)CC(c2ccc(S(N)(=O)=O)cc2)=C(c2ccc(F)cn2)C1. The van der Waals surface area contributed by atoms with Crippen molar-refractivity contribution in [1.29, 1.82) is 0 Å². The Balaban J connectivity index is 2.17. The van der Waals surface area contributed by atoms with Gasteiger partial charge in [0.1, 0.15) is 5.82 Å². The number of halogens is 1. The van der Waals surface area contributed by atoms with Gasteiger partial charge in [-0.2, -0.15) is 0 Å². The summed E-state index contributed by atoms with van der Waals surface area (Å²) in [5.41, 5.74) is 0.373. The first-order valence-corrected chi connectivity index (χ1v) is 10.3. The molecule has 1 aliphatic rings. The number of sulfonamides is 1. The summed E-state index contributed by atoms with van der Waals surface area (Å²) in [5.74, 6) is -2.08. The molecule has 0 amide bonds. The average Bonchev–Trinajstić information content (AvgIpc) is 3.14. The van der Waals surface area contributed by atoms with Gasteiger partial charge in [0.15, 0.2) is 5.41 Å². The Morgan fingerprint density at radius 1 is 1.00 bits per heavy atom. The number of esters is 2. The number of allylic oxidation sites excluding steroid dienone is 2. The molecule has 1 heterocycles. The van der Waals surface area contributed by atoms with E-state index in [1.54, 1.807) is 0 Å². The van der Waals surface area contributed by atoms with Gasteiger partial charge in [-0.05, 0) is 41.0 Å². The van der Waals surface area contributed by atoms with E-state index in [2.05, 4.69) is 4.98 Å². The Labute approximate surface area is 172 Å². The van der Waals surface area contributed by atoms with E-state index in [1.165, 1.54) is 50.6 Å². The molecule has 0 atom stereocenters. The van der Waals surface area contributed by atoms with E-state index in [0.717, 1.165) is 6.20 Å². The van der Waals surface area contributed by atoms with Gasteiger partial charge in [0.25, 0.3) is 0 Å². The number of aromatic nitrogens is 1. The van der Waals surface area contributed by atoms with Gasteiger partial charge < -0.3 is 9.47 Å². The van der Waals surface area contributed by atoms with Crippen molar-refractivity contribution in [3.63, 3.8) is 0 Å². The van der Waals surface area contributed by atoms with Crippen LogP contribution in [-0.4, -0.2) is 39.6 Å². The van der Waals surface area contributed by atoms with Crippen molar-refractivity contribution in [3.05, 3.63) is 59.7 Å². The number of hydrogen-bond donors (Lipinski definition) is 1. The highest BCUT2D eigenvalue weighted by atomic mass is 32.2. The van der Waals surface area contributed by atoms with Crippen molar-refractivity contribution in [3.8, 4) is 0 Å². The number of nitrogens with zero attached hydrogens (tertiary/aromatic N) is 1. The Bertz CT molecular complexity index is 1110. The Morgan fingerprint density at radius 2 is 1.57 bits per heavy atom. The lowest BCUT2D eigenvalue weighted by atomic mass is 9.83. The smallest absolute Gasteiger partial charge is 0.323 e. The number of primary sulfonamides is 1. The summed E-state index contributed by atoms with van der Waals surface area (Å²) in [6.07, 6.45) is 0.896. The van der Waals surface area contributed by atoms with Crippen LogP contribution in [-0.2, 0) is 29.1 Å². The van der Waals surface area contributed by atoms with Gasteiger partial charge in [0.2, 0.25) is 10.0 Å². The summed E-state index contributed by atoms with van der Waals surface area (Å²) in [6, 6.07) is 8.33. The van der Waals surface area contributed by atoms with Crippen molar-refractivity contribution in [1.82, 2.24) is 4.98 Å². The molecule has 0 fully saturated rings. The normalized spacial score (nSPS) is 15.7. The molecule has 0 saturated carbocycles. The Hall–Kier alpha value is -3.11. The standard InChI is InChI=1S/C20H19FN2O6S/c1-28-18(24)20(19(25)29-2)9-15(12-3-6-14(7-4-12)30(22,26)27)16(10-20)17-8-5-13(21)11-23-17/h3-8,11H,9-10H2,1-2H3,(H2,22,26,27). The minimum Gasteiger partial charge on any atom is -0.468 e. The predicted octanol–water partition coefficient (Wildman–Crippen LogP) is 1.91. The molecule has 2 aromatic rings. The summed E-state index contributed by atoms with van der Waals surface area (Å²) in [6.45, 7) is 0. The third-order valence-electron chi connectivity index (χ3n) is 5.04. The van der Waals surface area contributed by atoms with Crippen LogP contribution in [0.25, 0.3) is 11.1 Å². The number of carbonyl (C=O) groups excluding carboxylic acids is 2. The summed E-state index contributed by atoms with van der Waals surface area (Å²) >= 11 is 0. The van der Waals surface area contributed by atoms with E-state index in [4.69, 9.17) is 14.6 Å². The summed E-state index contributed by atoms with van der Waals surface area (Å²) in [7, 11) is -1.55. The lowest BCUT2D eigenvalue weighted by Gasteiger charge is -2.23. The number of rotatable bonds is 5. The molecule has 0 bridgehead atoms. The highest BCUT2D eigenvalue weighted by molar-refractivity contribution is 7.89. The first kappa shape index (κ1) is 21.6. The average molecular weight is 434 g/mol. The number of benzene rings is 1. The molecule has 0 radical (unpaired) electrons. The maximum absolute atomic E-state index is 13.4. The summed E-state index contributed by atoms with van der Waals surface area (Å²) in [5, 5.41) is 5.14. The predicted molar refractivity (Wildman–Crippen MR) is 105 cm³/mol. The van der Waals surface area contributed by atoms with Crippen LogP contribution in [0.4, 0.5) is 4.39 Å². The van der Waals surface area contributed by atoms with Crippen LogP contribution in [0.15, 0.2) is 47.5 Å². The second kappa shape index (κ2) is 7.96. The fourth-order valence-corrected chi connectivity index (χ4v) is 4.08. The molecule has 158 valence electrons. The van der Waals surface area contributed by atoms with E-state index in [0.29, 0.717) is 22.4 Å². The van der Waals surface area contributed by atoms with Crippen LogP contribution in [0.5, 0.6) is 0 Å². The van der Waals surface area contributed by atoms with Crippen LogP contribution in [0.2, 0.25) is 0 Å². The van der Waals surface area contributed by atoms with Crippen LogP contribution >= 0.6 is 0 Å². The van der Waals surface area contributed by atoms with Crippen molar-refractivity contribution < 1.29 is 31.9 Å². The number of methoxy groups -OCH3 is 2. The minimum atomic E-state index is -3.89. The lowest BCUT2D eigenvalue weighted by molar-refractivity contribution is -0.167. The lowest BCUT2D eigenvalue weighted by Crippen LogP contribution is -2.39. The first-order valence-electron chi connectivity index (χ1n) is 8.76. The summed E-state index contributed by atoms with van der Waals surface area (Å²) in [4.78, 5) is 29.2. The molecule has 8 nitrogen and oxygen atoms in total. The molecule has 1 aliphatic carbocycles. The van der Waals surface area contributed by atoms with Gasteiger partial charge in [-0.25, -0.2) is 17.9 Å². The quantitative estimate of drug-likeness (QED) is 0.563. The molecule has 0 unspecified atom stereocenters. The molecule has 30 heavy (non-hydrogen) atoms. The van der Waals surface area contributed by atoms with E-state index in [-0.39, 0.29) is 17.7 Å². The minimum absolute atomic E-state index is 0.0601. The highest BCUT2D eigenvalue weighted by Gasteiger charge is 2.54. The third kappa shape index (κ3) is 3.83. The molecule has 0 spiro atoms. The van der Waals surface area contributed by atoms with Crippen LogP contribution in [0.3, 0.4) is 0 Å². The number of nitrogens with two attached hydrogens (primary N) is 1. The highest BCUT2D eigenvalue weighted by Crippen LogP contribution is 2.51. The van der Waals surface area contributed by atoms with E-state index in [9.17, 15) is 22.4 Å². The van der Waals surface area contributed by atoms with Gasteiger partial charge in [-0.3, -0.25) is 14.6 Å². The van der Waals surface area contributed by atoms with Gasteiger partial charge in [0.05, 0.1) is 31.0 Å². The zero-order valence-electron chi connectivity index (χ0n) is 16.2. The molecule has 3 rings (SSSR count). The zero-order valence-corrected chi connectivity index (χ0v) is 17.0. The fourth-order valence-electron chi connectivity index (χ4n) is 3.56. The molecule has 10 heteroatoms. The van der Waals surface area contributed by atoms with Crippen molar-refractivity contribution in [2.24, 2.45) is 10.6 Å². The second-order valence-corrected chi connectivity index (χ2v) is 8.37. The van der Waals surface area contributed by atoms with Gasteiger partial charge >= 0.3 is 11.9 Å². The molecule has 1 aromatic heterocycles. The number of pyridine rings is 1. The molecular formula is C20H19FN2O6S. The third-order valence-corrected chi connectivity index (χ3v) is 5.97. The maximum atomic E-state index is 13.4. The summed E-state index contributed by atoms with van der Waals surface area (Å²) < 4.78 is 46.2. The monoisotopic (exact) mass is 434 g/mol. The number of hydrogen-bond acceptors (Lipinski definition) is 7. The van der Waals surface area contributed by atoms with E-state index < -0.39 is 33.2 Å². The van der Waals surface area contributed by atoms with Crippen LogP contribution < -0.4 is 5.14 Å². The first-order chi connectivity index (χ1) is 14.1. The molecule has 2 N–H and O–H groups in total. The largest absolute Gasteiger partial charge is 0.468 e. The van der Waals surface area contributed by atoms with Crippen molar-refractivity contribution >= 4 is 33.1 Å². The van der Waals surface area contributed by atoms with Gasteiger partial charge in [-0.1, -0.05) is 12.1 Å².